The number of unbranched alkanes of at least 4 members (excludes halogenated alkanes) is 18. The maximum atomic E-state index is 11.8. The SMILES string of the molecule is CCCCCCCCCCCCOCCOCCOCCOCCCC(=O)OCCCCCCCCCCCC. The van der Waals surface area contributed by atoms with E-state index >= 15 is 0 Å². The molecule has 0 heterocycles. The first-order valence-corrected chi connectivity index (χ1v) is 17.3. The first kappa shape index (κ1) is 39.3. The third-order valence-electron chi connectivity index (χ3n) is 7.19. The van der Waals surface area contributed by atoms with Crippen LogP contribution in [0.2, 0.25) is 0 Å². The van der Waals surface area contributed by atoms with Gasteiger partial charge in [-0.1, -0.05) is 129 Å². The number of carbonyl (C=O) groups excluding carboxylic acids is 1. The molecule has 0 aromatic heterocycles. The maximum Gasteiger partial charge on any atom is 0.305 e. The topological polar surface area (TPSA) is 63.2 Å². The van der Waals surface area contributed by atoms with Crippen molar-refractivity contribution in [2.45, 2.75) is 155 Å². The summed E-state index contributed by atoms with van der Waals surface area (Å²) in [6, 6.07) is 0. The second kappa shape index (κ2) is 36.3. The highest BCUT2D eigenvalue weighted by atomic mass is 16.6. The van der Waals surface area contributed by atoms with Gasteiger partial charge in [0, 0.05) is 19.6 Å². The van der Waals surface area contributed by atoms with Gasteiger partial charge in [-0.05, 0) is 19.3 Å². The second-order valence-corrected chi connectivity index (χ2v) is 11.1. The van der Waals surface area contributed by atoms with Gasteiger partial charge in [0.15, 0.2) is 0 Å². The summed E-state index contributed by atoms with van der Waals surface area (Å²) in [4.78, 5) is 11.8. The molecule has 0 aromatic rings. The number of rotatable bonds is 35. The standard InChI is InChI=1S/C34H68O6/c1-3-5-7-9-11-13-15-17-19-21-25-36-28-30-38-32-33-39-31-29-37-26-23-24-34(35)40-27-22-20-18-16-14-12-10-8-6-4-2/h3-33H2,1-2H3. The number of esters is 1. The highest BCUT2D eigenvalue weighted by Crippen LogP contribution is 2.11. The summed E-state index contributed by atoms with van der Waals surface area (Å²) in [5.74, 6) is -0.111. The lowest BCUT2D eigenvalue weighted by atomic mass is 10.1. The van der Waals surface area contributed by atoms with E-state index in [0.29, 0.717) is 65.7 Å². The van der Waals surface area contributed by atoms with Crippen molar-refractivity contribution < 1.29 is 28.5 Å². The number of ether oxygens (including phenoxy) is 5. The predicted molar refractivity (Wildman–Crippen MR) is 167 cm³/mol. The van der Waals surface area contributed by atoms with Gasteiger partial charge < -0.3 is 23.7 Å². The Hall–Kier alpha value is -0.690. The average Bonchev–Trinajstić information content (AvgIpc) is 2.96. The molecule has 0 saturated heterocycles. The quantitative estimate of drug-likeness (QED) is 0.0557. The lowest BCUT2D eigenvalue weighted by molar-refractivity contribution is -0.144. The first-order chi connectivity index (χ1) is 19.8. The molecule has 0 saturated carbocycles. The number of carbonyl (C=O) groups is 1. The van der Waals surface area contributed by atoms with Gasteiger partial charge in [0.05, 0.1) is 46.2 Å². The molecule has 0 rings (SSSR count). The molecule has 0 unspecified atom stereocenters. The van der Waals surface area contributed by atoms with E-state index in [-0.39, 0.29) is 5.97 Å². The van der Waals surface area contributed by atoms with E-state index < -0.39 is 0 Å². The molecule has 0 amide bonds. The van der Waals surface area contributed by atoms with Gasteiger partial charge >= 0.3 is 5.97 Å². The normalized spacial score (nSPS) is 11.3. The molecule has 40 heavy (non-hydrogen) atoms. The van der Waals surface area contributed by atoms with Crippen LogP contribution in [0, 0.1) is 0 Å². The van der Waals surface area contributed by atoms with Crippen molar-refractivity contribution in [3.8, 4) is 0 Å². The molecule has 0 aliphatic rings. The van der Waals surface area contributed by atoms with Crippen molar-refractivity contribution in [2.75, 3.05) is 59.5 Å². The summed E-state index contributed by atoms with van der Waals surface area (Å²) in [5.41, 5.74) is 0. The van der Waals surface area contributed by atoms with Crippen LogP contribution < -0.4 is 0 Å². The Morgan fingerprint density at radius 3 is 1.05 bits per heavy atom. The molecule has 6 heteroatoms. The molecule has 0 radical (unpaired) electrons. The van der Waals surface area contributed by atoms with Crippen LogP contribution in [0.1, 0.15) is 155 Å². The van der Waals surface area contributed by atoms with Gasteiger partial charge in [0.25, 0.3) is 0 Å². The van der Waals surface area contributed by atoms with Crippen molar-refractivity contribution in [1.29, 1.82) is 0 Å². The summed E-state index contributed by atoms with van der Waals surface area (Å²) < 4.78 is 27.6. The minimum absolute atomic E-state index is 0.111. The van der Waals surface area contributed by atoms with Crippen molar-refractivity contribution in [2.24, 2.45) is 0 Å². The molecule has 0 N–H and O–H groups in total. The van der Waals surface area contributed by atoms with Crippen molar-refractivity contribution in [3.63, 3.8) is 0 Å². The minimum Gasteiger partial charge on any atom is -0.466 e. The molecule has 0 aliphatic carbocycles. The minimum atomic E-state index is -0.111. The van der Waals surface area contributed by atoms with E-state index in [1.807, 2.05) is 0 Å². The Bertz CT molecular complexity index is 473. The van der Waals surface area contributed by atoms with E-state index in [1.54, 1.807) is 0 Å². The van der Waals surface area contributed by atoms with Gasteiger partial charge in [-0.25, -0.2) is 0 Å². The lowest BCUT2D eigenvalue weighted by Crippen LogP contribution is -2.12. The van der Waals surface area contributed by atoms with Gasteiger partial charge in [-0.2, -0.15) is 0 Å². The molecule has 6 nitrogen and oxygen atoms in total. The fraction of sp³-hybridized carbons (Fsp3) is 0.971. The Morgan fingerprint density at radius 1 is 0.350 bits per heavy atom. The third-order valence-corrected chi connectivity index (χ3v) is 7.19. The molecule has 0 fully saturated rings. The summed E-state index contributed by atoms with van der Waals surface area (Å²) in [5, 5.41) is 0. The van der Waals surface area contributed by atoms with Gasteiger partial charge in [0.1, 0.15) is 0 Å². The van der Waals surface area contributed by atoms with E-state index in [0.717, 1.165) is 25.9 Å². The summed E-state index contributed by atoms with van der Waals surface area (Å²) in [7, 11) is 0. The van der Waals surface area contributed by atoms with Gasteiger partial charge in [0.2, 0.25) is 0 Å². The van der Waals surface area contributed by atoms with Crippen LogP contribution in [0.15, 0.2) is 0 Å². The maximum absolute atomic E-state index is 11.8. The molecule has 240 valence electrons. The van der Waals surface area contributed by atoms with Gasteiger partial charge in [-0.15, -0.1) is 0 Å². The Kier molecular flexibility index (Phi) is 35.7. The monoisotopic (exact) mass is 573 g/mol. The average molecular weight is 573 g/mol. The fourth-order valence-electron chi connectivity index (χ4n) is 4.62. The number of hydrogen-bond acceptors (Lipinski definition) is 6. The number of hydrogen-bond donors (Lipinski definition) is 0. The van der Waals surface area contributed by atoms with Crippen LogP contribution in [0.3, 0.4) is 0 Å². The van der Waals surface area contributed by atoms with Crippen LogP contribution in [-0.4, -0.2) is 65.4 Å². The van der Waals surface area contributed by atoms with E-state index in [9.17, 15) is 4.79 Å². The molecule has 0 bridgehead atoms. The zero-order valence-corrected chi connectivity index (χ0v) is 26.9. The summed E-state index contributed by atoms with van der Waals surface area (Å²) in [6.45, 7) is 9.97. The zero-order chi connectivity index (χ0) is 29.0. The molecule has 0 spiro atoms. The van der Waals surface area contributed by atoms with Crippen molar-refractivity contribution in [3.05, 3.63) is 0 Å². The lowest BCUT2D eigenvalue weighted by Gasteiger charge is -2.08. The van der Waals surface area contributed by atoms with E-state index in [4.69, 9.17) is 23.7 Å². The van der Waals surface area contributed by atoms with E-state index in [2.05, 4.69) is 13.8 Å². The van der Waals surface area contributed by atoms with Crippen LogP contribution >= 0.6 is 0 Å². The summed E-state index contributed by atoms with van der Waals surface area (Å²) in [6.07, 6.45) is 27.4. The first-order valence-electron chi connectivity index (χ1n) is 17.3. The molecular weight excluding hydrogens is 504 g/mol. The predicted octanol–water partition coefficient (Wildman–Crippen LogP) is 9.22. The van der Waals surface area contributed by atoms with Crippen LogP contribution in [-0.2, 0) is 28.5 Å². The van der Waals surface area contributed by atoms with Crippen LogP contribution in [0.25, 0.3) is 0 Å². The van der Waals surface area contributed by atoms with Crippen LogP contribution in [0.4, 0.5) is 0 Å². The zero-order valence-electron chi connectivity index (χ0n) is 26.9. The highest BCUT2D eigenvalue weighted by Gasteiger charge is 2.03. The highest BCUT2D eigenvalue weighted by molar-refractivity contribution is 5.69. The largest absolute Gasteiger partial charge is 0.466 e. The molecule has 0 aliphatic heterocycles. The molecule has 0 aromatic carbocycles. The van der Waals surface area contributed by atoms with E-state index in [1.165, 1.54) is 109 Å². The second-order valence-electron chi connectivity index (χ2n) is 11.1. The fourth-order valence-corrected chi connectivity index (χ4v) is 4.62. The van der Waals surface area contributed by atoms with Crippen molar-refractivity contribution >= 4 is 5.97 Å². The third kappa shape index (κ3) is 35.3. The Balaban J connectivity index is 3.12. The van der Waals surface area contributed by atoms with Crippen molar-refractivity contribution in [1.82, 2.24) is 0 Å². The molecular formula is C34H68O6. The smallest absolute Gasteiger partial charge is 0.305 e. The van der Waals surface area contributed by atoms with Gasteiger partial charge in [-0.3, -0.25) is 4.79 Å². The molecule has 0 atom stereocenters. The van der Waals surface area contributed by atoms with Crippen LogP contribution in [0.5, 0.6) is 0 Å². The Morgan fingerprint density at radius 2 is 0.650 bits per heavy atom. The Labute approximate surface area is 249 Å². The summed E-state index contributed by atoms with van der Waals surface area (Å²) >= 11 is 0.